The Bertz CT molecular complexity index is 270. The first-order chi connectivity index (χ1) is 7.85. The number of nitrogens with one attached hydrogen (secondary N) is 1. The molecule has 2 saturated heterocycles. The van der Waals surface area contributed by atoms with Crippen molar-refractivity contribution in [2.45, 2.75) is 44.2 Å². The fourth-order valence-corrected chi connectivity index (χ4v) is 3.81. The van der Waals surface area contributed by atoms with E-state index < -0.39 is 0 Å². The van der Waals surface area contributed by atoms with Gasteiger partial charge in [-0.05, 0) is 44.1 Å². The normalized spacial score (nSPS) is 28.4. The number of hydrogen-bond acceptors (Lipinski definition) is 3. The second-order valence-electron chi connectivity index (χ2n) is 4.64. The van der Waals surface area contributed by atoms with Gasteiger partial charge in [-0.15, -0.1) is 5.92 Å². The Balaban J connectivity index is 1.84. The molecular weight excluding hydrogens is 218 g/mol. The second-order valence-corrected chi connectivity index (χ2v) is 5.87. The predicted molar refractivity (Wildman–Crippen MR) is 69.7 cm³/mol. The topological polar surface area (TPSA) is 21.3 Å². The van der Waals surface area contributed by atoms with Gasteiger partial charge >= 0.3 is 0 Å². The van der Waals surface area contributed by atoms with Crippen LogP contribution in [-0.2, 0) is 4.74 Å². The zero-order chi connectivity index (χ0) is 11.3. The van der Waals surface area contributed by atoms with Crippen LogP contribution in [0.4, 0.5) is 0 Å². The molecule has 1 atom stereocenters. The number of thioether (sulfide) groups is 1. The van der Waals surface area contributed by atoms with Gasteiger partial charge in [0.05, 0.1) is 12.1 Å². The summed E-state index contributed by atoms with van der Waals surface area (Å²) in [5, 5.41) is 3.53. The van der Waals surface area contributed by atoms with Crippen LogP contribution >= 0.6 is 11.8 Å². The van der Waals surface area contributed by atoms with E-state index >= 15 is 0 Å². The van der Waals surface area contributed by atoms with Gasteiger partial charge < -0.3 is 10.1 Å². The van der Waals surface area contributed by atoms with E-state index in [4.69, 9.17) is 4.74 Å². The first kappa shape index (κ1) is 12.3. The summed E-state index contributed by atoms with van der Waals surface area (Å²) in [4.78, 5) is 0. The summed E-state index contributed by atoms with van der Waals surface area (Å²) in [6, 6.07) is 0.609. The summed E-state index contributed by atoms with van der Waals surface area (Å²) >= 11 is 2.06. The summed E-state index contributed by atoms with van der Waals surface area (Å²) in [6.07, 6.45) is 4.78. The van der Waals surface area contributed by atoms with Gasteiger partial charge in [0.15, 0.2) is 0 Å². The van der Waals surface area contributed by atoms with E-state index in [-0.39, 0.29) is 5.60 Å². The summed E-state index contributed by atoms with van der Waals surface area (Å²) < 4.78 is 6.05. The van der Waals surface area contributed by atoms with Crippen LogP contribution in [0.1, 0.15) is 32.6 Å². The molecule has 1 spiro atoms. The molecular formula is C13H21NOS. The Morgan fingerprint density at radius 1 is 1.44 bits per heavy atom. The molecule has 0 aliphatic carbocycles. The molecule has 1 unspecified atom stereocenters. The van der Waals surface area contributed by atoms with E-state index in [1.54, 1.807) is 0 Å². The van der Waals surface area contributed by atoms with Gasteiger partial charge in [-0.3, -0.25) is 0 Å². The van der Waals surface area contributed by atoms with Gasteiger partial charge in [0.25, 0.3) is 0 Å². The molecule has 2 heterocycles. The van der Waals surface area contributed by atoms with Crippen molar-refractivity contribution < 1.29 is 4.74 Å². The Kier molecular flexibility index (Phi) is 4.57. The summed E-state index contributed by atoms with van der Waals surface area (Å²) in [6.45, 7) is 3.64. The molecule has 3 heteroatoms. The smallest absolute Gasteiger partial charge is 0.0713 e. The molecule has 0 aromatic rings. The molecule has 0 amide bonds. The third-order valence-electron chi connectivity index (χ3n) is 3.55. The van der Waals surface area contributed by atoms with Gasteiger partial charge in [0.2, 0.25) is 0 Å². The van der Waals surface area contributed by atoms with Crippen LogP contribution in [0.2, 0.25) is 0 Å². The monoisotopic (exact) mass is 239 g/mol. The van der Waals surface area contributed by atoms with Crippen molar-refractivity contribution in [3.63, 3.8) is 0 Å². The zero-order valence-electron chi connectivity index (χ0n) is 10.1. The number of rotatable bonds is 2. The maximum atomic E-state index is 6.05. The van der Waals surface area contributed by atoms with Crippen molar-refractivity contribution in [2.75, 3.05) is 24.7 Å². The van der Waals surface area contributed by atoms with Gasteiger partial charge in [0.1, 0.15) is 0 Å². The van der Waals surface area contributed by atoms with Gasteiger partial charge in [-0.1, -0.05) is 5.92 Å². The largest absolute Gasteiger partial charge is 0.375 e. The highest BCUT2D eigenvalue weighted by molar-refractivity contribution is 7.99. The van der Waals surface area contributed by atoms with Crippen LogP contribution in [0.15, 0.2) is 0 Å². The zero-order valence-corrected chi connectivity index (χ0v) is 10.9. The molecule has 0 bridgehead atoms. The average molecular weight is 239 g/mol. The van der Waals surface area contributed by atoms with E-state index in [9.17, 15) is 0 Å². The van der Waals surface area contributed by atoms with E-state index in [0.717, 1.165) is 19.6 Å². The van der Waals surface area contributed by atoms with Gasteiger partial charge in [-0.25, -0.2) is 0 Å². The highest BCUT2D eigenvalue weighted by atomic mass is 32.2. The van der Waals surface area contributed by atoms with Crippen LogP contribution in [-0.4, -0.2) is 36.3 Å². The lowest BCUT2D eigenvalue weighted by molar-refractivity contribution is -0.0927. The Morgan fingerprint density at radius 3 is 3.00 bits per heavy atom. The SMILES string of the molecule is CC#CCNC1CCOC2(CCSCC2)C1. The van der Waals surface area contributed by atoms with Crippen molar-refractivity contribution in [1.29, 1.82) is 0 Å². The first-order valence-corrected chi connectivity index (χ1v) is 7.35. The van der Waals surface area contributed by atoms with Crippen LogP contribution in [0.3, 0.4) is 0 Å². The molecule has 2 aliphatic rings. The highest BCUT2D eigenvalue weighted by Crippen LogP contribution is 2.37. The first-order valence-electron chi connectivity index (χ1n) is 6.19. The lowest BCUT2D eigenvalue weighted by atomic mass is 9.85. The molecule has 2 nitrogen and oxygen atoms in total. The van der Waals surface area contributed by atoms with Crippen molar-refractivity contribution in [3.05, 3.63) is 0 Å². The molecule has 2 fully saturated rings. The van der Waals surface area contributed by atoms with Crippen LogP contribution in [0.25, 0.3) is 0 Å². The van der Waals surface area contributed by atoms with Crippen molar-refractivity contribution in [1.82, 2.24) is 5.32 Å². The highest BCUT2D eigenvalue weighted by Gasteiger charge is 2.38. The van der Waals surface area contributed by atoms with Crippen LogP contribution in [0.5, 0.6) is 0 Å². The standard InChI is InChI=1S/C13H21NOS/c1-2-3-7-14-12-4-8-15-13(11-12)5-9-16-10-6-13/h12,14H,4-11H2,1H3. The number of hydrogen-bond donors (Lipinski definition) is 1. The average Bonchev–Trinajstić information content (AvgIpc) is 2.31. The second kappa shape index (κ2) is 5.95. The molecule has 1 N–H and O–H groups in total. The minimum Gasteiger partial charge on any atom is -0.375 e. The van der Waals surface area contributed by atoms with Crippen LogP contribution < -0.4 is 5.32 Å². The van der Waals surface area contributed by atoms with E-state index in [1.807, 2.05) is 6.92 Å². The minimum absolute atomic E-state index is 0.195. The molecule has 90 valence electrons. The maximum absolute atomic E-state index is 6.05. The van der Waals surface area contributed by atoms with E-state index in [2.05, 4.69) is 28.9 Å². The van der Waals surface area contributed by atoms with Crippen LogP contribution in [0, 0.1) is 11.8 Å². The summed E-state index contributed by atoms with van der Waals surface area (Å²) in [5.74, 6) is 8.54. The molecule has 0 saturated carbocycles. The van der Waals surface area contributed by atoms with Crippen molar-refractivity contribution in [3.8, 4) is 11.8 Å². The number of ether oxygens (including phenoxy) is 1. The quantitative estimate of drug-likeness (QED) is 0.745. The maximum Gasteiger partial charge on any atom is 0.0713 e. The third kappa shape index (κ3) is 3.16. The van der Waals surface area contributed by atoms with Crippen molar-refractivity contribution in [2.24, 2.45) is 0 Å². The lowest BCUT2D eigenvalue weighted by Gasteiger charge is -2.43. The summed E-state index contributed by atoms with van der Waals surface area (Å²) in [5.41, 5.74) is 0.195. The molecule has 2 rings (SSSR count). The van der Waals surface area contributed by atoms with Gasteiger partial charge in [0, 0.05) is 12.6 Å². The molecule has 2 aliphatic heterocycles. The Hall–Kier alpha value is -0.170. The molecule has 0 aromatic carbocycles. The lowest BCUT2D eigenvalue weighted by Crippen LogP contribution is -2.48. The summed E-state index contributed by atoms with van der Waals surface area (Å²) in [7, 11) is 0. The third-order valence-corrected chi connectivity index (χ3v) is 4.54. The molecule has 16 heavy (non-hydrogen) atoms. The fourth-order valence-electron chi connectivity index (χ4n) is 2.58. The van der Waals surface area contributed by atoms with E-state index in [0.29, 0.717) is 6.04 Å². The molecule has 0 aromatic heterocycles. The Labute approximate surface area is 103 Å². The Morgan fingerprint density at radius 2 is 2.25 bits per heavy atom. The molecule has 0 radical (unpaired) electrons. The van der Waals surface area contributed by atoms with Gasteiger partial charge in [-0.2, -0.15) is 11.8 Å². The van der Waals surface area contributed by atoms with E-state index in [1.165, 1.54) is 30.8 Å². The predicted octanol–water partition coefficient (Wildman–Crippen LogP) is 2.04. The minimum atomic E-state index is 0.195. The fraction of sp³-hybridized carbons (Fsp3) is 0.846. The van der Waals surface area contributed by atoms with Crippen molar-refractivity contribution >= 4 is 11.8 Å².